The van der Waals surface area contributed by atoms with Gasteiger partial charge in [-0.15, -0.1) is 0 Å². The maximum Gasteiger partial charge on any atom is 0.410 e. The molecule has 0 aromatic rings. The molecule has 1 saturated heterocycles. The van der Waals surface area contributed by atoms with E-state index in [0.717, 1.165) is 0 Å². The second-order valence-corrected chi connectivity index (χ2v) is 8.25. The lowest BCUT2D eigenvalue weighted by Gasteiger charge is -2.35. The number of nitrogens with zero attached hydrogens (tertiary/aromatic N) is 2. The smallest absolute Gasteiger partial charge is 0.410 e. The standard InChI is InChI=1S/C19H34N2O5/c1-14(2)13-21(12-9-16(22)25-6)17(23)15-7-10-20(11-8-15)18(24)26-19(3,4)5/h14-15H,7-13H2,1-6H3. The van der Waals surface area contributed by atoms with Gasteiger partial charge in [0.1, 0.15) is 5.60 Å². The molecule has 1 aliphatic rings. The van der Waals surface area contributed by atoms with Crippen LogP contribution in [0.25, 0.3) is 0 Å². The number of ether oxygens (including phenoxy) is 2. The van der Waals surface area contributed by atoms with Crippen LogP contribution >= 0.6 is 0 Å². The van der Waals surface area contributed by atoms with Crippen LogP contribution in [0.2, 0.25) is 0 Å². The summed E-state index contributed by atoms with van der Waals surface area (Å²) in [6, 6.07) is 0. The zero-order valence-corrected chi connectivity index (χ0v) is 17.0. The number of likely N-dealkylation sites (tertiary alicyclic amines) is 1. The maximum atomic E-state index is 12.9. The minimum absolute atomic E-state index is 0.0615. The minimum Gasteiger partial charge on any atom is -0.469 e. The van der Waals surface area contributed by atoms with E-state index in [4.69, 9.17) is 4.74 Å². The van der Waals surface area contributed by atoms with E-state index in [-0.39, 0.29) is 30.3 Å². The minimum atomic E-state index is -0.522. The molecule has 0 atom stereocenters. The Morgan fingerprint density at radius 1 is 1.15 bits per heavy atom. The second-order valence-electron chi connectivity index (χ2n) is 8.25. The van der Waals surface area contributed by atoms with Gasteiger partial charge in [-0.25, -0.2) is 4.79 Å². The van der Waals surface area contributed by atoms with E-state index in [2.05, 4.69) is 4.74 Å². The largest absolute Gasteiger partial charge is 0.469 e. The summed E-state index contributed by atoms with van der Waals surface area (Å²) < 4.78 is 10.1. The Hall–Kier alpha value is -1.79. The molecule has 0 aliphatic carbocycles. The first-order valence-electron chi connectivity index (χ1n) is 9.37. The molecule has 0 saturated carbocycles. The lowest BCUT2D eigenvalue weighted by Crippen LogP contribution is -2.46. The Bertz CT molecular complexity index is 491. The van der Waals surface area contributed by atoms with Crippen molar-refractivity contribution < 1.29 is 23.9 Å². The molecule has 150 valence electrons. The van der Waals surface area contributed by atoms with E-state index in [1.54, 1.807) is 9.80 Å². The zero-order chi connectivity index (χ0) is 19.9. The number of esters is 1. The first kappa shape index (κ1) is 22.3. The van der Waals surface area contributed by atoms with Gasteiger partial charge in [0.15, 0.2) is 0 Å². The fraction of sp³-hybridized carbons (Fsp3) is 0.842. The SMILES string of the molecule is COC(=O)CCN(CC(C)C)C(=O)C1CCN(C(=O)OC(C)(C)C)CC1. The lowest BCUT2D eigenvalue weighted by atomic mass is 9.95. The molecule has 1 aliphatic heterocycles. The van der Waals surface area contributed by atoms with Crippen molar-refractivity contribution in [1.29, 1.82) is 0 Å². The summed E-state index contributed by atoms with van der Waals surface area (Å²) in [4.78, 5) is 39.9. The second kappa shape index (κ2) is 9.78. The summed E-state index contributed by atoms with van der Waals surface area (Å²) in [7, 11) is 1.35. The van der Waals surface area contributed by atoms with Crippen LogP contribution in [0.4, 0.5) is 4.79 Å². The Labute approximate surface area is 157 Å². The molecule has 1 fully saturated rings. The molecule has 1 rings (SSSR count). The van der Waals surface area contributed by atoms with Gasteiger partial charge in [0.2, 0.25) is 5.91 Å². The van der Waals surface area contributed by atoms with Crippen molar-refractivity contribution in [2.75, 3.05) is 33.3 Å². The molecular formula is C19H34N2O5. The average Bonchev–Trinajstić information content (AvgIpc) is 2.55. The highest BCUT2D eigenvalue weighted by atomic mass is 16.6. The van der Waals surface area contributed by atoms with Gasteiger partial charge in [-0.2, -0.15) is 0 Å². The van der Waals surface area contributed by atoms with Crippen LogP contribution < -0.4 is 0 Å². The Morgan fingerprint density at radius 3 is 2.19 bits per heavy atom. The van der Waals surface area contributed by atoms with E-state index in [0.29, 0.717) is 44.9 Å². The highest BCUT2D eigenvalue weighted by Crippen LogP contribution is 2.22. The first-order chi connectivity index (χ1) is 12.0. The van der Waals surface area contributed by atoms with Gasteiger partial charge < -0.3 is 19.3 Å². The molecule has 1 heterocycles. The molecule has 7 heteroatoms. The van der Waals surface area contributed by atoms with Gasteiger partial charge in [-0.05, 0) is 39.5 Å². The van der Waals surface area contributed by atoms with Crippen molar-refractivity contribution >= 4 is 18.0 Å². The number of hydrogen-bond acceptors (Lipinski definition) is 5. The molecule has 0 unspecified atom stereocenters. The molecule has 0 aromatic heterocycles. The molecule has 0 spiro atoms. The van der Waals surface area contributed by atoms with Crippen LogP contribution in [0.3, 0.4) is 0 Å². The van der Waals surface area contributed by atoms with Crippen molar-refractivity contribution in [3.63, 3.8) is 0 Å². The van der Waals surface area contributed by atoms with E-state index in [1.807, 2.05) is 34.6 Å². The van der Waals surface area contributed by atoms with Crippen molar-refractivity contribution in [3.05, 3.63) is 0 Å². The fourth-order valence-electron chi connectivity index (χ4n) is 2.95. The van der Waals surface area contributed by atoms with Gasteiger partial charge in [-0.3, -0.25) is 9.59 Å². The molecule has 0 radical (unpaired) electrons. The fourth-order valence-corrected chi connectivity index (χ4v) is 2.95. The van der Waals surface area contributed by atoms with E-state index in [1.165, 1.54) is 7.11 Å². The van der Waals surface area contributed by atoms with Gasteiger partial charge in [-0.1, -0.05) is 13.8 Å². The third-order valence-corrected chi connectivity index (χ3v) is 4.21. The van der Waals surface area contributed by atoms with Crippen LogP contribution in [-0.2, 0) is 19.1 Å². The van der Waals surface area contributed by atoms with E-state index in [9.17, 15) is 14.4 Å². The highest BCUT2D eigenvalue weighted by molar-refractivity contribution is 5.80. The van der Waals surface area contributed by atoms with Crippen molar-refractivity contribution in [1.82, 2.24) is 9.80 Å². The van der Waals surface area contributed by atoms with Crippen LogP contribution in [0.15, 0.2) is 0 Å². The summed E-state index contributed by atoms with van der Waals surface area (Å²) in [6.45, 7) is 11.6. The Morgan fingerprint density at radius 2 is 1.73 bits per heavy atom. The molecule has 0 N–H and O–H groups in total. The summed E-state index contributed by atoms with van der Waals surface area (Å²) in [5, 5.41) is 0. The summed E-state index contributed by atoms with van der Waals surface area (Å²) >= 11 is 0. The predicted octanol–water partition coefficient (Wildman–Crippen LogP) is 2.68. The normalized spacial score (nSPS) is 15.7. The predicted molar refractivity (Wildman–Crippen MR) is 98.6 cm³/mol. The average molecular weight is 370 g/mol. The topological polar surface area (TPSA) is 76.2 Å². The van der Waals surface area contributed by atoms with Crippen LogP contribution in [0, 0.1) is 11.8 Å². The lowest BCUT2D eigenvalue weighted by molar-refractivity contribution is -0.143. The summed E-state index contributed by atoms with van der Waals surface area (Å²) in [6.07, 6.45) is 1.11. The van der Waals surface area contributed by atoms with Gasteiger partial charge in [0.25, 0.3) is 0 Å². The van der Waals surface area contributed by atoms with Crippen LogP contribution in [0.1, 0.15) is 53.9 Å². The van der Waals surface area contributed by atoms with Crippen LogP contribution in [-0.4, -0.2) is 66.7 Å². The monoisotopic (exact) mass is 370 g/mol. The number of carbonyl (C=O) groups excluding carboxylic acids is 3. The Kier molecular flexibility index (Phi) is 8.37. The highest BCUT2D eigenvalue weighted by Gasteiger charge is 2.32. The Balaban J connectivity index is 2.60. The number of methoxy groups -OCH3 is 1. The quantitative estimate of drug-likeness (QED) is 0.672. The number of amides is 2. The van der Waals surface area contributed by atoms with Gasteiger partial charge >= 0.3 is 12.1 Å². The van der Waals surface area contributed by atoms with E-state index < -0.39 is 5.60 Å². The molecule has 2 amide bonds. The van der Waals surface area contributed by atoms with Crippen molar-refractivity contribution in [2.45, 2.75) is 59.5 Å². The molecule has 26 heavy (non-hydrogen) atoms. The number of hydrogen-bond donors (Lipinski definition) is 0. The van der Waals surface area contributed by atoms with E-state index >= 15 is 0 Å². The maximum absolute atomic E-state index is 12.9. The number of piperidine rings is 1. The van der Waals surface area contributed by atoms with Crippen molar-refractivity contribution in [3.8, 4) is 0 Å². The zero-order valence-electron chi connectivity index (χ0n) is 17.0. The first-order valence-corrected chi connectivity index (χ1v) is 9.37. The molecular weight excluding hydrogens is 336 g/mol. The van der Waals surface area contributed by atoms with Gasteiger partial charge in [0, 0.05) is 32.1 Å². The van der Waals surface area contributed by atoms with Crippen LogP contribution in [0.5, 0.6) is 0 Å². The third kappa shape index (κ3) is 7.62. The molecule has 0 aromatic carbocycles. The number of carbonyl (C=O) groups is 3. The molecule has 0 bridgehead atoms. The third-order valence-electron chi connectivity index (χ3n) is 4.21. The summed E-state index contributed by atoms with van der Waals surface area (Å²) in [5.74, 6) is -0.0544. The number of rotatable bonds is 6. The molecule has 7 nitrogen and oxygen atoms in total. The van der Waals surface area contributed by atoms with Crippen molar-refractivity contribution in [2.24, 2.45) is 11.8 Å². The van der Waals surface area contributed by atoms with Gasteiger partial charge in [0.05, 0.1) is 13.5 Å². The summed E-state index contributed by atoms with van der Waals surface area (Å²) in [5.41, 5.74) is -0.522.